The molecule has 200 valence electrons. The van der Waals surface area contributed by atoms with E-state index in [0.717, 1.165) is 24.3 Å². The number of hydrogen-bond acceptors (Lipinski definition) is 11. The van der Waals surface area contributed by atoms with Gasteiger partial charge in [0.25, 0.3) is 0 Å². The molecule has 42 heavy (non-hydrogen) atoms. The molecule has 0 fully saturated rings. The summed E-state index contributed by atoms with van der Waals surface area (Å²) in [7, 11) is 0. The summed E-state index contributed by atoms with van der Waals surface area (Å²) in [6.45, 7) is 0. The minimum Gasteiger partial charge on any atom is -0.545 e. The number of nitrogens with zero attached hydrogens (tertiary/aromatic N) is 2. The Morgan fingerprint density at radius 3 is 1.21 bits per heavy atom. The van der Waals surface area contributed by atoms with Crippen molar-refractivity contribution in [3.8, 4) is 0 Å². The molecular weight excluding hydrogens is 534 g/mol. The molecule has 4 rings (SSSR count). The van der Waals surface area contributed by atoms with E-state index in [1.807, 2.05) is 0 Å². The number of benzene rings is 2. The van der Waals surface area contributed by atoms with Crippen LogP contribution in [0.15, 0.2) is 106 Å². The zero-order chi connectivity index (χ0) is 28.6. The summed E-state index contributed by atoms with van der Waals surface area (Å²) < 4.78 is 0. The van der Waals surface area contributed by atoms with Gasteiger partial charge in [-0.3, -0.25) is 20.4 Å². The van der Waals surface area contributed by atoms with Crippen molar-refractivity contribution in [2.24, 2.45) is 10.2 Å². The Bertz CT molecular complexity index is 1470. The van der Waals surface area contributed by atoms with Crippen LogP contribution in [0.25, 0.3) is 0 Å². The molecule has 2 aromatic carbocycles. The van der Waals surface area contributed by atoms with Gasteiger partial charge in [-0.1, -0.05) is 0 Å². The van der Waals surface area contributed by atoms with E-state index in [9.17, 15) is 34.2 Å². The van der Waals surface area contributed by atoms with E-state index in [-0.39, 0.29) is 49.1 Å². The summed E-state index contributed by atoms with van der Waals surface area (Å²) in [5.41, 5.74) is 6.96. The smallest absolute Gasteiger partial charge is 0.545 e. The van der Waals surface area contributed by atoms with Crippen molar-refractivity contribution in [3.63, 3.8) is 0 Å². The topological polar surface area (TPSA) is 204 Å². The third-order valence-electron chi connectivity index (χ3n) is 5.28. The zero-order valence-electron chi connectivity index (χ0n) is 22.3. The molecule has 0 spiro atoms. The van der Waals surface area contributed by atoms with Crippen molar-refractivity contribution in [3.05, 3.63) is 96.1 Å². The van der Waals surface area contributed by atoms with Gasteiger partial charge in [0.2, 0.25) is 0 Å². The normalized spacial score (nSPS) is 15.5. The number of carboxylic acids is 2. The number of anilines is 4. The predicted octanol–water partition coefficient (Wildman–Crippen LogP) is -5.50. The summed E-state index contributed by atoms with van der Waals surface area (Å²) in [6, 6.07) is 12.5. The Morgan fingerprint density at radius 2 is 0.881 bits per heavy atom. The zero-order valence-corrected chi connectivity index (χ0v) is 22.3. The van der Waals surface area contributed by atoms with Gasteiger partial charge in [0.05, 0.1) is 34.7 Å². The van der Waals surface area contributed by atoms with E-state index in [0.29, 0.717) is 22.7 Å². The van der Waals surface area contributed by atoms with Crippen molar-refractivity contribution < 1.29 is 71.9 Å². The van der Waals surface area contributed by atoms with Gasteiger partial charge in [0, 0.05) is 22.5 Å². The van der Waals surface area contributed by atoms with Crippen LogP contribution in [0.2, 0.25) is 0 Å². The van der Waals surface area contributed by atoms with Crippen LogP contribution in [0.4, 0.5) is 27.5 Å². The van der Waals surface area contributed by atoms with Gasteiger partial charge >= 0.3 is 43.8 Å². The second-order valence-corrected chi connectivity index (χ2v) is 8.12. The van der Waals surface area contributed by atoms with Gasteiger partial charge in [-0.15, -0.1) is 0 Å². The number of carbonyl (C=O) groups excluding carboxylic acids is 5. The molecular formula is C27H18Li2N6O7. The van der Waals surface area contributed by atoms with Crippen LogP contribution < -0.4 is 69.4 Å². The Hall–Kier alpha value is -4.92. The molecule has 0 aromatic heterocycles. The van der Waals surface area contributed by atoms with Gasteiger partial charge in [0.1, 0.15) is 0 Å². The second kappa shape index (κ2) is 15.2. The molecule has 0 unspecified atom stereocenters. The summed E-state index contributed by atoms with van der Waals surface area (Å²) in [5, 5.41) is 35.3. The van der Waals surface area contributed by atoms with Crippen molar-refractivity contribution in [1.29, 1.82) is 0 Å². The first kappa shape index (κ1) is 33.3. The SMILES string of the molecule is O=C(Nc1ccc(N/N=C2/C=CC(=O)C(C(=O)[O-])=C2)cc1)Nc1ccc(N/N=C2\C=CC(=O)C(C(=O)[O-])=C2)cc1.[Li+].[Li+]. The molecule has 2 aromatic rings. The van der Waals surface area contributed by atoms with E-state index in [1.165, 1.54) is 12.2 Å². The second-order valence-electron chi connectivity index (χ2n) is 8.12. The number of carbonyl (C=O) groups is 5. The molecule has 0 atom stereocenters. The summed E-state index contributed by atoms with van der Waals surface area (Å²) in [5.74, 6) is -4.51. The maximum Gasteiger partial charge on any atom is 1.00 e. The monoisotopic (exact) mass is 552 g/mol. The van der Waals surface area contributed by atoms with Crippen LogP contribution in [0, 0.1) is 0 Å². The van der Waals surface area contributed by atoms with Crippen molar-refractivity contribution in [2.75, 3.05) is 21.5 Å². The number of urea groups is 1. The average Bonchev–Trinajstić information content (AvgIpc) is 2.93. The van der Waals surface area contributed by atoms with Crippen LogP contribution in [0.5, 0.6) is 0 Å². The number of carboxylic acid groups (broad SMARTS) is 2. The summed E-state index contributed by atoms with van der Waals surface area (Å²) in [6.07, 6.45) is 7.10. The predicted molar refractivity (Wildman–Crippen MR) is 142 cm³/mol. The fourth-order valence-corrected chi connectivity index (χ4v) is 3.30. The third-order valence-corrected chi connectivity index (χ3v) is 5.28. The van der Waals surface area contributed by atoms with Crippen LogP contribution in [0.3, 0.4) is 0 Å². The van der Waals surface area contributed by atoms with Gasteiger partial charge < -0.3 is 30.4 Å². The van der Waals surface area contributed by atoms with Gasteiger partial charge in [-0.25, -0.2) is 4.79 Å². The average molecular weight is 552 g/mol. The number of nitrogens with one attached hydrogen (secondary N) is 4. The standard InChI is InChI=1S/C27H20N6O7.2Li/c34-23-11-9-19(13-21(23)25(36)37)32-30-17-5-1-15(2-6-17)28-27(40)29-16-3-7-18(8-4-16)31-33-20-10-12-24(35)22(14-20)26(38)39;;/h1-14,30-31H,(H,36,37)(H,38,39)(H2,28,29,40);;/q;2*+1/p-2/b32-19-,33-20+;;. The molecule has 13 nitrogen and oxygen atoms in total. The van der Waals surface area contributed by atoms with Crippen LogP contribution >= 0.6 is 0 Å². The molecule has 0 radical (unpaired) electrons. The maximum atomic E-state index is 12.4. The Labute approximate surface area is 262 Å². The van der Waals surface area contributed by atoms with E-state index in [1.54, 1.807) is 48.5 Å². The van der Waals surface area contributed by atoms with Crippen molar-refractivity contribution >= 4 is 63.7 Å². The van der Waals surface area contributed by atoms with Crippen LogP contribution in [-0.4, -0.2) is 41.0 Å². The molecule has 2 aliphatic rings. The maximum absolute atomic E-state index is 12.4. The summed E-state index contributed by atoms with van der Waals surface area (Å²) in [4.78, 5) is 57.3. The summed E-state index contributed by atoms with van der Waals surface area (Å²) >= 11 is 0. The van der Waals surface area contributed by atoms with Gasteiger partial charge in [0.15, 0.2) is 11.6 Å². The van der Waals surface area contributed by atoms with E-state index in [4.69, 9.17) is 0 Å². The van der Waals surface area contributed by atoms with Crippen molar-refractivity contribution in [2.45, 2.75) is 0 Å². The fourth-order valence-electron chi connectivity index (χ4n) is 3.30. The largest absolute Gasteiger partial charge is 1.00 e. The molecule has 2 amide bonds. The quantitative estimate of drug-likeness (QED) is 0.107. The Morgan fingerprint density at radius 1 is 0.548 bits per heavy atom. The number of allylic oxidation sites excluding steroid dienone is 6. The first-order valence-corrected chi connectivity index (χ1v) is 11.4. The van der Waals surface area contributed by atoms with E-state index >= 15 is 0 Å². The number of hydrazone groups is 2. The minimum absolute atomic E-state index is 0. The number of rotatable bonds is 8. The van der Waals surface area contributed by atoms with Crippen LogP contribution in [-0.2, 0) is 19.2 Å². The number of hydrogen-bond donors (Lipinski definition) is 4. The molecule has 15 heteroatoms. The van der Waals surface area contributed by atoms with Crippen LogP contribution in [0.1, 0.15) is 0 Å². The fraction of sp³-hybridized carbons (Fsp3) is 0. The number of amides is 2. The number of ketones is 2. The van der Waals surface area contributed by atoms with E-state index < -0.39 is 40.7 Å². The molecule has 0 heterocycles. The molecule has 0 saturated heterocycles. The molecule has 2 aliphatic carbocycles. The Kier molecular flexibility index (Phi) is 12.0. The van der Waals surface area contributed by atoms with E-state index in [2.05, 4.69) is 31.7 Å². The molecule has 0 bridgehead atoms. The van der Waals surface area contributed by atoms with Crippen molar-refractivity contribution in [1.82, 2.24) is 0 Å². The molecule has 0 aliphatic heterocycles. The third kappa shape index (κ3) is 9.06. The molecule has 0 saturated carbocycles. The van der Waals surface area contributed by atoms with Gasteiger partial charge in [-0.05, 0) is 85.0 Å². The first-order valence-electron chi connectivity index (χ1n) is 11.4. The first-order chi connectivity index (χ1) is 19.2. The number of aliphatic carboxylic acids is 2. The molecule has 4 N–H and O–H groups in total. The minimum atomic E-state index is -1.58. The van der Waals surface area contributed by atoms with Gasteiger partial charge in [-0.2, -0.15) is 10.2 Å². The Balaban J connectivity index is 0.00000308.